The fraction of sp³-hybridized carbons (Fsp3) is 0.412. The number of amides is 1. The maximum Gasteiger partial charge on any atom is 0.234 e. The molecule has 27 heavy (non-hydrogen) atoms. The Morgan fingerprint density at radius 1 is 1.26 bits per heavy atom. The number of anilines is 2. The number of carbonyl (C=O) groups is 2. The third-order valence-electron chi connectivity index (χ3n) is 3.71. The van der Waals surface area contributed by atoms with Gasteiger partial charge in [0, 0.05) is 18.2 Å². The average molecular weight is 409 g/mol. The number of rotatable bonds is 9. The smallest absolute Gasteiger partial charge is 0.234 e. The van der Waals surface area contributed by atoms with Crippen LogP contribution in [0.3, 0.4) is 0 Å². The summed E-state index contributed by atoms with van der Waals surface area (Å²) in [6, 6.07) is 3.20. The molecule has 2 N–H and O–H groups in total. The van der Waals surface area contributed by atoms with Crippen LogP contribution in [-0.4, -0.2) is 41.0 Å². The number of hydrogen-bond acceptors (Lipinski definition) is 9. The van der Waals surface area contributed by atoms with E-state index in [1.807, 2.05) is 0 Å². The van der Waals surface area contributed by atoms with Crippen molar-refractivity contribution in [2.75, 3.05) is 29.7 Å². The fourth-order valence-electron chi connectivity index (χ4n) is 2.36. The van der Waals surface area contributed by atoms with E-state index in [2.05, 4.69) is 27.8 Å². The summed E-state index contributed by atoms with van der Waals surface area (Å²) in [4.78, 5) is 24.2. The molecule has 1 aromatic carbocycles. The van der Waals surface area contributed by atoms with Crippen LogP contribution in [0.15, 0.2) is 16.5 Å². The van der Waals surface area contributed by atoms with Gasteiger partial charge in [-0.05, 0) is 19.4 Å². The van der Waals surface area contributed by atoms with Crippen molar-refractivity contribution < 1.29 is 19.1 Å². The summed E-state index contributed by atoms with van der Waals surface area (Å²) in [6.45, 7) is 4.52. The lowest BCUT2D eigenvalue weighted by Gasteiger charge is -2.10. The molecule has 0 unspecified atom stereocenters. The predicted molar refractivity (Wildman–Crippen MR) is 105 cm³/mol. The first-order valence-electron chi connectivity index (χ1n) is 8.51. The van der Waals surface area contributed by atoms with Gasteiger partial charge < -0.3 is 20.1 Å². The van der Waals surface area contributed by atoms with E-state index in [4.69, 9.17) is 9.47 Å². The summed E-state index contributed by atoms with van der Waals surface area (Å²) in [6.07, 6.45) is 2.17. The summed E-state index contributed by atoms with van der Waals surface area (Å²) in [5, 5.41) is 14.8. The molecule has 0 aliphatic carbocycles. The van der Waals surface area contributed by atoms with Gasteiger partial charge in [-0.2, -0.15) is 0 Å². The SMILES string of the molecule is CCCCNc1nnc(SCC(=O)Nc2cc3c(cc2C(C)=O)OCO3)s1. The number of fused-ring (bicyclic) bond motifs is 1. The van der Waals surface area contributed by atoms with E-state index >= 15 is 0 Å². The fourth-order valence-corrected chi connectivity index (χ4v) is 3.94. The number of ketones is 1. The topological polar surface area (TPSA) is 102 Å². The van der Waals surface area contributed by atoms with E-state index in [0.29, 0.717) is 27.1 Å². The van der Waals surface area contributed by atoms with Crippen molar-refractivity contribution in [3.8, 4) is 11.5 Å². The number of benzene rings is 1. The van der Waals surface area contributed by atoms with Gasteiger partial charge in [0.1, 0.15) is 0 Å². The van der Waals surface area contributed by atoms with Crippen LogP contribution < -0.4 is 20.1 Å². The zero-order valence-corrected chi connectivity index (χ0v) is 16.7. The van der Waals surface area contributed by atoms with E-state index in [-0.39, 0.29) is 24.2 Å². The standard InChI is InChI=1S/C17H20N4O4S2/c1-3-4-5-18-16-20-21-17(27-16)26-8-15(23)19-12-7-14-13(24-9-25-14)6-11(12)10(2)22/h6-7H,3-5,8-9H2,1-2H3,(H,18,20)(H,19,23). The number of carbonyl (C=O) groups excluding carboxylic acids is 2. The molecule has 0 spiro atoms. The molecule has 1 amide bonds. The molecule has 0 radical (unpaired) electrons. The maximum absolute atomic E-state index is 12.3. The monoisotopic (exact) mass is 408 g/mol. The minimum absolute atomic E-state index is 0.103. The summed E-state index contributed by atoms with van der Waals surface area (Å²) in [5.41, 5.74) is 0.799. The Hall–Kier alpha value is -2.33. The molecule has 1 aliphatic heterocycles. The van der Waals surface area contributed by atoms with Crippen molar-refractivity contribution in [1.82, 2.24) is 10.2 Å². The first-order valence-corrected chi connectivity index (χ1v) is 10.3. The Morgan fingerprint density at radius 3 is 2.78 bits per heavy atom. The van der Waals surface area contributed by atoms with Crippen LogP contribution >= 0.6 is 23.1 Å². The number of nitrogens with zero attached hydrogens (tertiary/aromatic N) is 2. The molecule has 0 bridgehead atoms. The molecule has 0 fully saturated rings. The van der Waals surface area contributed by atoms with Crippen molar-refractivity contribution in [3.05, 3.63) is 17.7 Å². The molecule has 1 aromatic heterocycles. The molecule has 0 saturated heterocycles. The van der Waals surface area contributed by atoms with Crippen molar-refractivity contribution in [3.63, 3.8) is 0 Å². The van der Waals surface area contributed by atoms with E-state index < -0.39 is 0 Å². The number of hydrogen-bond donors (Lipinski definition) is 2. The zero-order chi connectivity index (χ0) is 19.2. The van der Waals surface area contributed by atoms with Crippen molar-refractivity contribution in [1.29, 1.82) is 0 Å². The number of unbranched alkanes of at least 4 members (excludes halogenated alkanes) is 1. The zero-order valence-electron chi connectivity index (χ0n) is 15.0. The Balaban J connectivity index is 1.57. The lowest BCUT2D eigenvalue weighted by molar-refractivity contribution is -0.113. The minimum Gasteiger partial charge on any atom is -0.454 e. The van der Waals surface area contributed by atoms with Gasteiger partial charge in [-0.3, -0.25) is 9.59 Å². The number of Topliss-reactive ketones (excluding diaryl/α,β-unsaturated/α-hetero) is 1. The Morgan fingerprint density at radius 2 is 2.04 bits per heavy atom. The number of nitrogens with one attached hydrogen (secondary N) is 2. The van der Waals surface area contributed by atoms with Gasteiger partial charge >= 0.3 is 0 Å². The highest BCUT2D eigenvalue weighted by Crippen LogP contribution is 2.37. The first kappa shape index (κ1) is 19.4. The summed E-state index contributed by atoms with van der Waals surface area (Å²) in [7, 11) is 0. The quantitative estimate of drug-likeness (QED) is 0.370. The minimum atomic E-state index is -0.239. The second-order valence-corrected chi connectivity index (χ2v) is 8.00. The molecule has 2 aromatic rings. The molecule has 2 heterocycles. The van der Waals surface area contributed by atoms with Gasteiger partial charge in [-0.25, -0.2) is 0 Å². The number of aromatic nitrogens is 2. The molecule has 0 saturated carbocycles. The molecule has 1 aliphatic rings. The van der Waals surface area contributed by atoms with E-state index in [0.717, 1.165) is 24.5 Å². The third kappa shape index (κ3) is 5.10. The highest BCUT2D eigenvalue weighted by atomic mass is 32.2. The normalized spacial score (nSPS) is 12.1. The summed E-state index contributed by atoms with van der Waals surface area (Å²) < 4.78 is 11.3. The van der Waals surface area contributed by atoms with Crippen LogP contribution in [0.5, 0.6) is 11.5 Å². The van der Waals surface area contributed by atoms with Crippen LogP contribution in [-0.2, 0) is 4.79 Å². The van der Waals surface area contributed by atoms with E-state index in [1.165, 1.54) is 30.0 Å². The van der Waals surface area contributed by atoms with Crippen LogP contribution in [0.4, 0.5) is 10.8 Å². The molecular formula is C17H20N4O4S2. The van der Waals surface area contributed by atoms with E-state index in [1.54, 1.807) is 12.1 Å². The van der Waals surface area contributed by atoms with Gasteiger partial charge in [0.15, 0.2) is 21.6 Å². The van der Waals surface area contributed by atoms with Crippen LogP contribution in [0.25, 0.3) is 0 Å². The van der Waals surface area contributed by atoms with Gasteiger partial charge in [-0.15, -0.1) is 10.2 Å². The second-order valence-electron chi connectivity index (χ2n) is 5.80. The van der Waals surface area contributed by atoms with Gasteiger partial charge in [-0.1, -0.05) is 36.4 Å². The molecule has 8 nitrogen and oxygen atoms in total. The second kappa shape index (κ2) is 9.05. The molecule has 10 heteroatoms. The first-order chi connectivity index (χ1) is 13.1. The summed E-state index contributed by atoms with van der Waals surface area (Å²) in [5.74, 6) is 0.773. The molecule has 0 atom stereocenters. The Labute approximate surface area is 165 Å². The molecule has 144 valence electrons. The van der Waals surface area contributed by atoms with Crippen LogP contribution in [0, 0.1) is 0 Å². The number of thioether (sulfide) groups is 1. The molecular weight excluding hydrogens is 388 g/mol. The van der Waals surface area contributed by atoms with Gasteiger partial charge in [0.05, 0.1) is 11.4 Å². The van der Waals surface area contributed by atoms with Crippen LogP contribution in [0.1, 0.15) is 37.0 Å². The third-order valence-corrected chi connectivity index (χ3v) is 5.72. The number of ether oxygens (including phenoxy) is 2. The largest absolute Gasteiger partial charge is 0.454 e. The van der Waals surface area contributed by atoms with Gasteiger partial charge in [0.2, 0.25) is 17.8 Å². The van der Waals surface area contributed by atoms with E-state index in [9.17, 15) is 9.59 Å². The average Bonchev–Trinajstić information content (AvgIpc) is 3.28. The highest BCUT2D eigenvalue weighted by Gasteiger charge is 2.20. The lowest BCUT2D eigenvalue weighted by Crippen LogP contribution is -2.16. The van der Waals surface area contributed by atoms with Gasteiger partial charge in [0.25, 0.3) is 0 Å². The van der Waals surface area contributed by atoms with Crippen molar-refractivity contribution in [2.45, 2.75) is 31.0 Å². The maximum atomic E-state index is 12.3. The highest BCUT2D eigenvalue weighted by molar-refractivity contribution is 8.01. The molecule has 3 rings (SSSR count). The Kier molecular flexibility index (Phi) is 6.51. The van der Waals surface area contributed by atoms with Crippen molar-refractivity contribution in [2.24, 2.45) is 0 Å². The predicted octanol–water partition coefficient (Wildman–Crippen LogP) is 3.41. The summed E-state index contributed by atoms with van der Waals surface area (Å²) >= 11 is 2.71. The lowest BCUT2D eigenvalue weighted by atomic mass is 10.1. The Bertz CT molecular complexity index is 840. The van der Waals surface area contributed by atoms with Crippen LogP contribution in [0.2, 0.25) is 0 Å². The van der Waals surface area contributed by atoms with Crippen molar-refractivity contribution >= 4 is 45.6 Å².